The van der Waals surface area contributed by atoms with Crippen LogP contribution < -0.4 is 5.73 Å². The summed E-state index contributed by atoms with van der Waals surface area (Å²) in [6.07, 6.45) is 1.15. The first-order valence-electron chi connectivity index (χ1n) is 7.25. The second kappa shape index (κ2) is 9.33. The minimum absolute atomic E-state index is 0. The van der Waals surface area contributed by atoms with Crippen molar-refractivity contribution in [2.45, 2.75) is 12.8 Å². The van der Waals surface area contributed by atoms with Gasteiger partial charge in [-0.1, -0.05) is 29.3 Å². The summed E-state index contributed by atoms with van der Waals surface area (Å²) in [6, 6.07) is 5.01. The Hall–Kier alpha value is -1.01. The lowest BCUT2D eigenvalue weighted by molar-refractivity contribution is -0.132. The molecule has 0 bridgehead atoms. The van der Waals surface area contributed by atoms with Crippen molar-refractivity contribution < 1.29 is 9.59 Å². The smallest absolute Gasteiger partial charge is 0.255 e. The van der Waals surface area contributed by atoms with Gasteiger partial charge < -0.3 is 15.5 Å². The number of carbonyl (C=O) groups excluding carboxylic acids is 2. The molecule has 0 unspecified atom stereocenters. The van der Waals surface area contributed by atoms with E-state index in [9.17, 15) is 9.59 Å². The molecule has 2 amide bonds. The molecule has 1 saturated heterocycles. The lowest BCUT2D eigenvalue weighted by Crippen LogP contribution is -2.50. The number of rotatable bonds is 4. The Balaban J connectivity index is 0.00000264. The summed E-state index contributed by atoms with van der Waals surface area (Å²) in [6.45, 7) is 2.57. The van der Waals surface area contributed by atoms with E-state index in [1.807, 2.05) is 0 Å². The van der Waals surface area contributed by atoms with Gasteiger partial charge in [-0.15, -0.1) is 12.4 Å². The zero-order valence-electron chi connectivity index (χ0n) is 12.6. The van der Waals surface area contributed by atoms with Gasteiger partial charge in [0.1, 0.15) is 0 Å². The molecule has 0 aliphatic carbocycles. The fraction of sp³-hybridized carbons (Fsp3) is 0.467. The second-order valence-electron chi connectivity index (χ2n) is 5.17. The van der Waals surface area contributed by atoms with Crippen LogP contribution in [0.4, 0.5) is 0 Å². The molecule has 1 heterocycles. The number of carbonyl (C=O) groups is 2. The molecule has 1 aliphatic rings. The van der Waals surface area contributed by atoms with E-state index < -0.39 is 0 Å². The number of nitrogens with zero attached hydrogens (tertiary/aromatic N) is 2. The van der Waals surface area contributed by atoms with Gasteiger partial charge in [0.25, 0.3) is 5.91 Å². The highest BCUT2D eigenvalue weighted by atomic mass is 35.5. The lowest BCUT2D eigenvalue weighted by atomic mass is 10.1. The molecular weight excluding hydrogens is 361 g/mol. The molecule has 8 heteroatoms. The molecule has 1 aromatic carbocycles. The van der Waals surface area contributed by atoms with E-state index in [1.54, 1.807) is 28.0 Å². The van der Waals surface area contributed by atoms with Crippen molar-refractivity contribution in [3.05, 3.63) is 33.8 Å². The zero-order chi connectivity index (χ0) is 16.1. The van der Waals surface area contributed by atoms with Gasteiger partial charge in [0.15, 0.2) is 0 Å². The van der Waals surface area contributed by atoms with Crippen LogP contribution in [0.5, 0.6) is 0 Å². The van der Waals surface area contributed by atoms with E-state index in [-0.39, 0.29) is 29.2 Å². The highest BCUT2D eigenvalue weighted by Gasteiger charge is 2.25. The zero-order valence-corrected chi connectivity index (χ0v) is 15.0. The lowest BCUT2D eigenvalue weighted by Gasteiger charge is -2.35. The van der Waals surface area contributed by atoms with Gasteiger partial charge in [-0.25, -0.2) is 0 Å². The third-order valence-electron chi connectivity index (χ3n) is 3.70. The molecule has 2 N–H and O–H groups in total. The van der Waals surface area contributed by atoms with Gasteiger partial charge in [-0.05, 0) is 25.1 Å². The Morgan fingerprint density at radius 3 is 2.30 bits per heavy atom. The Bertz CT molecular complexity index is 561. The summed E-state index contributed by atoms with van der Waals surface area (Å²) >= 11 is 12.0. The number of hydrogen-bond donors (Lipinski definition) is 1. The maximum Gasteiger partial charge on any atom is 0.255 e. The summed E-state index contributed by atoms with van der Waals surface area (Å²) in [5, 5.41) is 0.638. The van der Waals surface area contributed by atoms with Gasteiger partial charge in [-0.3, -0.25) is 9.59 Å². The quantitative estimate of drug-likeness (QED) is 0.872. The number of amides is 2. The van der Waals surface area contributed by atoms with Crippen LogP contribution in [-0.4, -0.2) is 54.3 Å². The monoisotopic (exact) mass is 379 g/mol. The molecule has 0 radical (unpaired) electrons. The van der Waals surface area contributed by atoms with E-state index in [0.29, 0.717) is 56.2 Å². The van der Waals surface area contributed by atoms with Crippen molar-refractivity contribution in [2.24, 2.45) is 5.73 Å². The predicted molar refractivity (Wildman–Crippen MR) is 94.5 cm³/mol. The molecule has 1 aliphatic heterocycles. The van der Waals surface area contributed by atoms with Crippen LogP contribution in [0.2, 0.25) is 10.0 Å². The number of hydrogen-bond acceptors (Lipinski definition) is 3. The van der Waals surface area contributed by atoms with Crippen LogP contribution >= 0.6 is 35.6 Å². The highest BCUT2D eigenvalue weighted by Crippen LogP contribution is 2.26. The molecule has 0 saturated carbocycles. The molecule has 1 fully saturated rings. The molecule has 0 atom stereocenters. The van der Waals surface area contributed by atoms with E-state index >= 15 is 0 Å². The van der Waals surface area contributed by atoms with Gasteiger partial charge in [0.05, 0.1) is 15.6 Å². The second-order valence-corrected chi connectivity index (χ2v) is 5.95. The topological polar surface area (TPSA) is 66.6 Å². The first-order chi connectivity index (χ1) is 10.5. The fourth-order valence-electron chi connectivity index (χ4n) is 2.41. The van der Waals surface area contributed by atoms with Crippen molar-refractivity contribution in [3.63, 3.8) is 0 Å². The number of benzene rings is 1. The SMILES string of the molecule is Cl.NCCCC(=O)N1CCN(C(=O)c2cccc(Cl)c2Cl)CC1. The van der Waals surface area contributed by atoms with Crippen LogP contribution in [0.15, 0.2) is 18.2 Å². The van der Waals surface area contributed by atoms with E-state index in [2.05, 4.69) is 0 Å². The maximum atomic E-state index is 12.5. The molecule has 2 rings (SSSR count). The Morgan fingerprint density at radius 2 is 1.70 bits per heavy atom. The molecule has 128 valence electrons. The largest absolute Gasteiger partial charge is 0.339 e. The van der Waals surface area contributed by atoms with E-state index in [4.69, 9.17) is 28.9 Å². The van der Waals surface area contributed by atoms with Crippen LogP contribution in [0.1, 0.15) is 23.2 Å². The van der Waals surface area contributed by atoms with Crippen LogP contribution in [0.3, 0.4) is 0 Å². The average molecular weight is 381 g/mol. The molecule has 5 nitrogen and oxygen atoms in total. The van der Waals surface area contributed by atoms with Crippen molar-refractivity contribution in [1.29, 1.82) is 0 Å². The summed E-state index contributed by atoms with van der Waals surface area (Å²) < 4.78 is 0. The minimum Gasteiger partial charge on any atom is -0.339 e. The maximum absolute atomic E-state index is 12.5. The van der Waals surface area contributed by atoms with E-state index in [1.165, 1.54) is 0 Å². The van der Waals surface area contributed by atoms with Gasteiger partial charge in [0.2, 0.25) is 5.91 Å². The summed E-state index contributed by atoms with van der Waals surface area (Å²) in [5.74, 6) is -0.0557. The van der Waals surface area contributed by atoms with E-state index in [0.717, 1.165) is 0 Å². The van der Waals surface area contributed by atoms with Crippen molar-refractivity contribution in [3.8, 4) is 0 Å². The minimum atomic E-state index is -0.151. The standard InChI is InChI=1S/C15H19Cl2N3O2.ClH/c16-12-4-1-3-11(14(12)17)15(22)20-9-7-19(8-10-20)13(21)5-2-6-18;/h1,3-4H,2,5-10,18H2;1H. The van der Waals surface area contributed by atoms with Crippen molar-refractivity contribution in [1.82, 2.24) is 9.80 Å². The first kappa shape index (κ1) is 20.0. The molecule has 23 heavy (non-hydrogen) atoms. The first-order valence-corrected chi connectivity index (χ1v) is 8.01. The fourth-order valence-corrected chi connectivity index (χ4v) is 2.79. The Morgan fingerprint density at radius 1 is 1.09 bits per heavy atom. The average Bonchev–Trinajstić information content (AvgIpc) is 2.54. The molecule has 1 aromatic rings. The van der Waals surface area contributed by atoms with Crippen LogP contribution in [-0.2, 0) is 4.79 Å². The van der Waals surface area contributed by atoms with Crippen LogP contribution in [0.25, 0.3) is 0 Å². The summed E-state index contributed by atoms with van der Waals surface area (Å²) in [7, 11) is 0. The van der Waals surface area contributed by atoms with Gasteiger partial charge >= 0.3 is 0 Å². The Labute approximate surface area is 152 Å². The predicted octanol–water partition coefficient (Wildman–Crippen LogP) is 2.44. The van der Waals surface area contributed by atoms with Gasteiger partial charge in [-0.2, -0.15) is 0 Å². The summed E-state index contributed by atoms with van der Waals surface area (Å²) in [4.78, 5) is 27.9. The normalized spacial score (nSPS) is 14.4. The van der Waals surface area contributed by atoms with Crippen LogP contribution in [0, 0.1) is 0 Å². The molecule has 0 aromatic heterocycles. The molecular formula is C15H20Cl3N3O2. The number of halogens is 3. The third-order valence-corrected chi connectivity index (χ3v) is 4.52. The van der Waals surface area contributed by atoms with Crippen molar-refractivity contribution >= 4 is 47.4 Å². The molecule has 0 spiro atoms. The van der Waals surface area contributed by atoms with Gasteiger partial charge in [0, 0.05) is 32.6 Å². The van der Waals surface area contributed by atoms with Crippen molar-refractivity contribution in [2.75, 3.05) is 32.7 Å². The number of nitrogens with two attached hydrogens (primary N) is 1. The Kier molecular flexibility index (Phi) is 8.12. The third kappa shape index (κ3) is 4.98. The summed E-state index contributed by atoms with van der Waals surface area (Å²) in [5.41, 5.74) is 5.81. The number of piperazine rings is 1. The highest BCUT2D eigenvalue weighted by molar-refractivity contribution is 6.43.